The second-order valence-electron chi connectivity index (χ2n) is 2.50. The Hall–Kier alpha value is -1.29. The van der Waals surface area contributed by atoms with Gasteiger partial charge in [0, 0.05) is 24.8 Å². The van der Waals surface area contributed by atoms with Crippen LogP contribution in [0.5, 0.6) is 11.5 Å². The minimum atomic E-state index is 0.0858. The Morgan fingerprint density at radius 1 is 1.31 bits per heavy atom. The zero-order valence-electron chi connectivity index (χ0n) is 7.78. The molecule has 0 unspecified atom stereocenters. The molecule has 0 aromatic carbocycles. The summed E-state index contributed by atoms with van der Waals surface area (Å²) in [5, 5.41) is 8.70. The Morgan fingerprint density at radius 3 is 2.54 bits per heavy atom. The number of pyridine rings is 1. The molecule has 0 aliphatic heterocycles. The number of aliphatic hydroxyl groups is 1. The zero-order chi connectivity index (χ0) is 9.68. The smallest absolute Gasteiger partial charge is 0.179 e. The van der Waals surface area contributed by atoms with Crippen LogP contribution in [0.2, 0.25) is 0 Å². The molecular formula is C9H13NO3. The summed E-state index contributed by atoms with van der Waals surface area (Å²) in [5.41, 5.74) is 0.792. The van der Waals surface area contributed by atoms with Crippen molar-refractivity contribution in [3.05, 3.63) is 18.0 Å². The van der Waals surface area contributed by atoms with E-state index in [1.54, 1.807) is 26.5 Å². The van der Waals surface area contributed by atoms with E-state index < -0.39 is 0 Å². The van der Waals surface area contributed by atoms with E-state index in [2.05, 4.69) is 4.98 Å². The van der Waals surface area contributed by atoms with Crippen molar-refractivity contribution >= 4 is 0 Å². The monoisotopic (exact) mass is 183 g/mol. The fourth-order valence-electron chi connectivity index (χ4n) is 1.03. The standard InChI is InChI=1S/C9H13NO3/c1-12-8-5-7(3-4-11)10-6-9(8)13-2/h5-6,11H,3-4H2,1-2H3. The van der Waals surface area contributed by atoms with Crippen molar-refractivity contribution in [2.24, 2.45) is 0 Å². The van der Waals surface area contributed by atoms with E-state index in [1.165, 1.54) is 0 Å². The number of hydrogen-bond acceptors (Lipinski definition) is 4. The highest BCUT2D eigenvalue weighted by atomic mass is 16.5. The maximum absolute atomic E-state index is 8.70. The number of aromatic nitrogens is 1. The average molecular weight is 183 g/mol. The van der Waals surface area contributed by atoms with Crippen molar-refractivity contribution < 1.29 is 14.6 Å². The normalized spacial score (nSPS) is 9.77. The van der Waals surface area contributed by atoms with E-state index in [9.17, 15) is 0 Å². The molecule has 4 nitrogen and oxygen atoms in total. The van der Waals surface area contributed by atoms with Gasteiger partial charge in [-0.1, -0.05) is 0 Å². The second-order valence-corrected chi connectivity index (χ2v) is 2.50. The molecule has 72 valence electrons. The van der Waals surface area contributed by atoms with Crippen LogP contribution < -0.4 is 9.47 Å². The third kappa shape index (κ3) is 2.32. The van der Waals surface area contributed by atoms with Crippen molar-refractivity contribution in [3.8, 4) is 11.5 Å². The molecule has 0 radical (unpaired) electrons. The van der Waals surface area contributed by atoms with Gasteiger partial charge in [-0.15, -0.1) is 0 Å². The lowest BCUT2D eigenvalue weighted by molar-refractivity contribution is 0.297. The Kier molecular flexibility index (Phi) is 3.52. The maximum atomic E-state index is 8.70. The summed E-state index contributed by atoms with van der Waals surface area (Å²) in [6.07, 6.45) is 2.12. The van der Waals surface area contributed by atoms with Gasteiger partial charge in [0.15, 0.2) is 11.5 Å². The predicted octanol–water partition coefficient (Wildman–Crippen LogP) is 0.634. The van der Waals surface area contributed by atoms with Gasteiger partial charge in [0.25, 0.3) is 0 Å². The number of methoxy groups -OCH3 is 2. The first kappa shape index (κ1) is 9.80. The molecule has 0 atom stereocenters. The van der Waals surface area contributed by atoms with Gasteiger partial charge < -0.3 is 14.6 Å². The molecule has 1 rings (SSSR count). The van der Waals surface area contributed by atoms with Crippen molar-refractivity contribution in [2.75, 3.05) is 20.8 Å². The van der Waals surface area contributed by atoms with Crippen LogP contribution in [0.25, 0.3) is 0 Å². The summed E-state index contributed by atoms with van der Waals surface area (Å²) in [4.78, 5) is 4.08. The molecule has 0 amide bonds. The number of nitrogens with zero attached hydrogens (tertiary/aromatic N) is 1. The summed E-state index contributed by atoms with van der Waals surface area (Å²) in [5.74, 6) is 1.24. The van der Waals surface area contributed by atoms with Crippen LogP contribution in [-0.4, -0.2) is 30.9 Å². The molecule has 1 N–H and O–H groups in total. The maximum Gasteiger partial charge on any atom is 0.179 e. The molecule has 0 aliphatic rings. The van der Waals surface area contributed by atoms with Crippen LogP contribution in [0.15, 0.2) is 12.3 Å². The predicted molar refractivity (Wildman–Crippen MR) is 48.1 cm³/mol. The highest BCUT2D eigenvalue weighted by Crippen LogP contribution is 2.25. The van der Waals surface area contributed by atoms with Crippen LogP contribution >= 0.6 is 0 Å². The molecule has 1 aromatic rings. The summed E-state index contributed by atoms with van der Waals surface area (Å²) in [7, 11) is 3.13. The van der Waals surface area contributed by atoms with Crippen molar-refractivity contribution in [2.45, 2.75) is 6.42 Å². The molecule has 0 bridgehead atoms. The van der Waals surface area contributed by atoms with E-state index in [0.717, 1.165) is 5.69 Å². The lowest BCUT2D eigenvalue weighted by Gasteiger charge is -2.07. The van der Waals surface area contributed by atoms with Crippen molar-refractivity contribution in [1.29, 1.82) is 0 Å². The largest absolute Gasteiger partial charge is 0.493 e. The molecule has 0 spiro atoms. The molecular weight excluding hydrogens is 170 g/mol. The highest BCUT2D eigenvalue weighted by Gasteiger charge is 2.04. The molecule has 1 heterocycles. The first-order valence-electron chi connectivity index (χ1n) is 3.99. The van der Waals surface area contributed by atoms with E-state index in [0.29, 0.717) is 17.9 Å². The van der Waals surface area contributed by atoms with E-state index in [4.69, 9.17) is 14.6 Å². The topological polar surface area (TPSA) is 51.6 Å². The fraction of sp³-hybridized carbons (Fsp3) is 0.444. The lowest BCUT2D eigenvalue weighted by atomic mass is 10.2. The van der Waals surface area contributed by atoms with Gasteiger partial charge in [-0.2, -0.15) is 0 Å². The number of aliphatic hydroxyl groups excluding tert-OH is 1. The molecule has 0 saturated carbocycles. The van der Waals surface area contributed by atoms with E-state index >= 15 is 0 Å². The number of rotatable bonds is 4. The quantitative estimate of drug-likeness (QED) is 0.744. The van der Waals surface area contributed by atoms with Crippen molar-refractivity contribution in [3.63, 3.8) is 0 Å². The fourth-order valence-corrected chi connectivity index (χ4v) is 1.03. The molecule has 0 fully saturated rings. The van der Waals surface area contributed by atoms with E-state index in [-0.39, 0.29) is 6.61 Å². The lowest BCUT2D eigenvalue weighted by Crippen LogP contribution is -1.97. The third-order valence-corrected chi connectivity index (χ3v) is 1.70. The van der Waals surface area contributed by atoms with Gasteiger partial charge in [-0.05, 0) is 0 Å². The van der Waals surface area contributed by atoms with Crippen LogP contribution in [0.1, 0.15) is 5.69 Å². The summed E-state index contributed by atoms with van der Waals surface area (Å²) >= 11 is 0. The summed E-state index contributed by atoms with van der Waals surface area (Å²) < 4.78 is 10.1. The van der Waals surface area contributed by atoms with Gasteiger partial charge >= 0.3 is 0 Å². The first-order chi connectivity index (χ1) is 6.31. The van der Waals surface area contributed by atoms with Gasteiger partial charge in [0.1, 0.15) is 0 Å². The highest BCUT2D eigenvalue weighted by molar-refractivity contribution is 5.38. The molecule has 0 aliphatic carbocycles. The Bertz CT molecular complexity index is 276. The number of ether oxygens (including phenoxy) is 2. The second kappa shape index (κ2) is 4.67. The SMILES string of the molecule is COc1cnc(CCO)cc1OC. The summed E-state index contributed by atoms with van der Waals surface area (Å²) in [6.45, 7) is 0.0858. The average Bonchev–Trinajstić information content (AvgIpc) is 2.18. The Labute approximate surface area is 77.1 Å². The molecule has 4 heteroatoms. The third-order valence-electron chi connectivity index (χ3n) is 1.70. The molecule has 0 saturated heterocycles. The Morgan fingerprint density at radius 2 is 2.00 bits per heavy atom. The summed E-state index contributed by atoms with van der Waals surface area (Å²) in [6, 6.07) is 1.76. The minimum Gasteiger partial charge on any atom is -0.493 e. The molecule has 13 heavy (non-hydrogen) atoms. The van der Waals surface area contributed by atoms with Crippen LogP contribution in [0.4, 0.5) is 0 Å². The van der Waals surface area contributed by atoms with Gasteiger partial charge in [-0.3, -0.25) is 4.98 Å². The van der Waals surface area contributed by atoms with Crippen LogP contribution in [0, 0.1) is 0 Å². The van der Waals surface area contributed by atoms with Gasteiger partial charge in [0.2, 0.25) is 0 Å². The van der Waals surface area contributed by atoms with Crippen molar-refractivity contribution in [1.82, 2.24) is 4.98 Å². The number of hydrogen-bond donors (Lipinski definition) is 1. The minimum absolute atomic E-state index is 0.0858. The van der Waals surface area contributed by atoms with Gasteiger partial charge in [0.05, 0.1) is 20.4 Å². The van der Waals surface area contributed by atoms with Gasteiger partial charge in [-0.25, -0.2) is 0 Å². The van der Waals surface area contributed by atoms with Crippen LogP contribution in [0.3, 0.4) is 0 Å². The van der Waals surface area contributed by atoms with E-state index in [1.807, 2.05) is 0 Å². The molecule has 1 aromatic heterocycles. The van der Waals surface area contributed by atoms with Crippen LogP contribution in [-0.2, 0) is 6.42 Å². The Balaban J connectivity index is 2.91. The zero-order valence-corrected chi connectivity index (χ0v) is 7.78. The first-order valence-corrected chi connectivity index (χ1v) is 3.99.